The summed E-state index contributed by atoms with van der Waals surface area (Å²) < 4.78 is 119. The largest absolute Gasteiger partial charge is 0.440 e. The van der Waals surface area contributed by atoms with Crippen LogP contribution in [0.15, 0.2) is 35.6 Å². The molecule has 0 unspecified atom stereocenters. The van der Waals surface area contributed by atoms with Gasteiger partial charge in [0, 0.05) is 13.5 Å². The number of amides is 1. The monoisotopic (exact) mass is 474 g/mol. The molecule has 0 atom stereocenters. The molecule has 6 nitrogen and oxygen atoms in total. The highest BCUT2D eigenvalue weighted by Gasteiger charge is 2.42. The summed E-state index contributed by atoms with van der Waals surface area (Å²) >= 11 is 0. The van der Waals surface area contributed by atoms with Crippen molar-refractivity contribution in [1.82, 2.24) is 14.8 Å². The average Bonchev–Trinajstić information content (AvgIpc) is 2.61. The zero-order valence-electron chi connectivity index (χ0n) is 15.7. The number of hydrogen-bond acceptors (Lipinski definition) is 4. The lowest BCUT2D eigenvalue weighted by Crippen LogP contribution is -2.38. The average molecular weight is 474 g/mol. The van der Waals surface area contributed by atoms with Gasteiger partial charge in [-0.3, -0.25) is 14.2 Å². The third kappa shape index (κ3) is 4.91. The number of hydrogen-bond donors (Lipinski definition) is 0. The van der Waals surface area contributed by atoms with Crippen molar-refractivity contribution in [3.05, 3.63) is 58.0 Å². The van der Waals surface area contributed by atoms with Gasteiger partial charge in [-0.1, -0.05) is 6.08 Å². The van der Waals surface area contributed by atoms with Crippen LogP contribution in [0.5, 0.6) is 0 Å². The van der Waals surface area contributed by atoms with Gasteiger partial charge in [-0.15, -0.1) is 16.8 Å². The van der Waals surface area contributed by atoms with E-state index in [1.807, 2.05) is 0 Å². The van der Waals surface area contributed by atoms with E-state index in [0.717, 1.165) is 6.08 Å². The summed E-state index contributed by atoms with van der Waals surface area (Å²) in [5, 5.41) is 5.68. The molecule has 0 fully saturated rings. The van der Waals surface area contributed by atoms with Crippen molar-refractivity contribution in [2.45, 2.75) is 32.0 Å². The van der Waals surface area contributed by atoms with Crippen molar-refractivity contribution >= 4 is 17.5 Å². The third-order valence-electron chi connectivity index (χ3n) is 3.90. The first-order chi connectivity index (χ1) is 14.5. The van der Waals surface area contributed by atoms with Gasteiger partial charge in [0.05, 0.1) is 16.8 Å². The molecule has 0 saturated heterocycles. The van der Waals surface area contributed by atoms with Crippen molar-refractivity contribution in [1.29, 1.82) is 0 Å². The first-order valence-corrected chi connectivity index (χ1v) is 8.25. The Labute approximate surface area is 172 Å². The Morgan fingerprint density at radius 2 is 1.62 bits per heavy atom. The Bertz CT molecular complexity index is 1100. The first kappa shape index (κ1) is 24.9. The van der Waals surface area contributed by atoms with Crippen LogP contribution in [0.1, 0.15) is 23.7 Å². The number of rotatable bonds is 4. The molecule has 2 aromatic rings. The van der Waals surface area contributed by atoms with Crippen LogP contribution in [0.3, 0.4) is 0 Å². The lowest BCUT2D eigenvalue weighted by atomic mass is 10.1. The van der Waals surface area contributed by atoms with E-state index in [4.69, 9.17) is 0 Å². The van der Waals surface area contributed by atoms with E-state index < -0.39 is 65.0 Å². The topological polar surface area (TPSA) is 68.1 Å². The van der Waals surface area contributed by atoms with Gasteiger partial charge in [0.25, 0.3) is 5.56 Å². The van der Waals surface area contributed by atoms with Crippen molar-refractivity contribution in [3.63, 3.8) is 0 Å². The third-order valence-corrected chi connectivity index (χ3v) is 3.90. The van der Waals surface area contributed by atoms with Gasteiger partial charge in [-0.2, -0.15) is 39.5 Å². The van der Waals surface area contributed by atoms with Crippen molar-refractivity contribution < 1.29 is 44.3 Å². The maximum Gasteiger partial charge on any atom is 0.440 e. The molecule has 2 rings (SSSR count). The van der Waals surface area contributed by atoms with Gasteiger partial charge in [0.15, 0.2) is 0 Å². The lowest BCUT2D eigenvalue weighted by molar-refractivity contribution is -0.143. The van der Waals surface area contributed by atoms with Crippen LogP contribution in [0, 0.1) is 0 Å². The summed E-state index contributed by atoms with van der Waals surface area (Å²) in [6.45, 7) is 3.02. The number of carbonyl (C=O) groups is 1. The summed E-state index contributed by atoms with van der Waals surface area (Å²) in [5.74, 6) is -2.55. The second kappa shape index (κ2) is 8.27. The Morgan fingerprint density at radius 3 is 2.06 bits per heavy atom. The second-order valence-corrected chi connectivity index (χ2v) is 6.13. The zero-order valence-corrected chi connectivity index (χ0v) is 15.7. The number of benzene rings is 1. The summed E-state index contributed by atoms with van der Waals surface area (Å²) in [6, 6.07) is 0.119. The maximum absolute atomic E-state index is 13.5. The highest BCUT2D eigenvalue weighted by Crippen LogP contribution is 2.42. The lowest BCUT2D eigenvalue weighted by Gasteiger charge is -2.26. The molecule has 0 radical (unpaired) electrons. The number of anilines is 2. The standard InChI is InChI=1S/C17H11F9N4O2/c1-3-6-29-13(32)12(17(24,25)26)27-28-14(29)30(8(2)31)11-7-9(15(18,19)20)4-5-10(11)16(21,22)23/h3-5,7H,1,6H2,2H3. The number of carbonyl (C=O) groups excluding carboxylic acids is 1. The molecule has 0 spiro atoms. The van der Waals surface area contributed by atoms with E-state index in [1.54, 1.807) is 0 Å². The van der Waals surface area contributed by atoms with Gasteiger partial charge in [-0.25, -0.2) is 4.90 Å². The van der Waals surface area contributed by atoms with E-state index in [1.165, 1.54) is 0 Å². The van der Waals surface area contributed by atoms with Crippen LogP contribution >= 0.6 is 0 Å². The summed E-state index contributed by atoms with van der Waals surface area (Å²) in [5.41, 5.74) is -8.68. The van der Waals surface area contributed by atoms with Gasteiger partial charge in [-0.05, 0) is 18.2 Å². The van der Waals surface area contributed by atoms with Crippen LogP contribution < -0.4 is 10.5 Å². The first-order valence-electron chi connectivity index (χ1n) is 8.25. The Morgan fingerprint density at radius 1 is 1.03 bits per heavy atom. The Kier molecular flexibility index (Phi) is 6.43. The molecule has 1 amide bonds. The van der Waals surface area contributed by atoms with E-state index in [9.17, 15) is 49.1 Å². The van der Waals surface area contributed by atoms with Crippen molar-refractivity contribution in [2.75, 3.05) is 4.90 Å². The van der Waals surface area contributed by atoms with Crippen LogP contribution in [-0.2, 0) is 29.9 Å². The zero-order chi connectivity index (χ0) is 24.6. The smallest absolute Gasteiger partial charge is 0.274 e. The number of nitrogens with zero attached hydrogens (tertiary/aromatic N) is 4. The van der Waals surface area contributed by atoms with Gasteiger partial charge < -0.3 is 0 Å². The molecule has 15 heteroatoms. The SMILES string of the molecule is C=CCn1c(N(C(C)=O)c2cc(C(F)(F)F)ccc2C(F)(F)F)nnc(C(F)(F)F)c1=O. The molecule has 0 bridgehead atoms. The highest BCUT2D eigenvalue weighted by atomic mass is 19.4. The minimum Gasteiger partial charge on any atom is -0.274 e. The summed E-state index contributed by atoms with van der Waals surface area (Å²) in [4.78, 5) is 24.4. The quantitative estimate of drug-likeness (QED) is 0.481. The maximum atomic E-state index is 13.5. The molecule has 174 valence electrons. The number of halogens is 9. The number of allylic oxidation sites excluding steroid dienone is 1. The van der Waals surface area contributed by atoms with Crippen molar-refractivity contribution in [2.24, 2.45) is 0 Å². The van der Waals surface area contributed by atoms with E-state index in [0.29, 0.717) is 6.92 Å². The molecule has 1 heterocycles. The Balaban J connectivity index is 2.95. The molecule has 0 saturated carbocycles. The molecular weight excluding hydrogens is 463 g/mol. The molecule has 0 aliphatic rings. The number of alkyl halides is 9. The summed E-state index contributed by atoms with van der Waals surface area (Å²) in [7, 11) is 0. The predicted octanol–water partition coefficient (Wildman–Crippen LogP) is 4.57. The van der Waals surface area contributed by atoms with Crippen LogP contribution in [0.2, 0.25) is 0 Å². The van der Waals surface area contributed by atoms with Crippen molar-refractivity contribution in [3.8, 4) is 0 Å². The van der Waals surface area contributed by atoms with Gasteiger partial charge in [0.2, 0.25) is 17.5 Å². The molecule has 1 aromatic heterocycles. The van der Waals surface area contributed by atoms with Crippen LogP contribution in [-0.4, -0.2) is 20.7 Å². The fraction of sp³-hybridized carbons (Fsp3) is 0.294. The fourth-order valence-corrected chi connectivity index (χ4v) is 2.60. The fourth-order valence-electron chi connectivity index (χ4n) is 2.60. The molecule has 0 aliphatic carbocycles. The van der Waals surface area contributed by atoms with E-state index in [2.05, 4.69) is 16.8 Å². The minimum atomic E-state index is -5.31. The van der Waals surface area contributed by atoms with E-state index >= 15 is 0 Å². The van der Waals surface area contributed by atoms with Gasteiger partial charge >= 0.3 is 18.5 Å². The highest BCUT2D eigenvalue weighted by molar-refractivity contribution is 5.98. The molecular formula is C17H11F9N4O2. The normalized spacial score (nSPS) is 12.6. The van der Waals surface area contributed by atoms with Gasteiger partial charge in [0.1, 0.15) is 0 Å². The van der Waals surface area contributed by atoms with Crippen LogP contribution in [0.25, 0.3) is 0 Å². The molecule has 0 aliphatic heterocycles. The minimum absolute atomic E-state index is 0.0354. The predicted molar refractivity (Wildman–Crippen MR) is 90.8 cm³/mol. The summed E-state index contributed by atoms with van der Waals surface area (Å²) in [6.07, 6.45) is -14.9. The number of aromatic nitrogens is 3. The van der Waals surface area contributed by atoms with Crippen LogP contribution in [0.4, 0.5) is 51.1 Å². The molecule has 1 aromatic carbocycles. The Hall–Kier alpha value is -3.39. The van der Waals surface area contributed by atoms with E-state index in [-0.39, 0.29) is 27.7 Å². The second-order valence-electron chi connectivity index (χ2n) is 6.13. The molecule has 0 N–H and O–H groups in total. The molecule has 32 heavy (non-hydrogen) atoms.